The maximum absolute atomic E-state index is 5.53. The van der Waals surface area contributed by atoms with Gasteiger partial charge in [-0.05, 0) is 39.8 Å². The van der Waals surface area contributed by atoms with Gasteiger partial charge in [0.2, 0.25) is 0 Å². The van der Waals surface area contributed by atoms with E-state index in [0.29, 0.717) is 0 Å². The van der Waals surface area contributed by atoms with Crippen LogP contribution in [0.1, 0.15) is 42.8 Å². The smallest absolute Gasteiger partial charge is 0.151 e. The Kier molecular flexibility index (Phi) is 4.14. The van der Waals surface area contributed by atoms with Crippen molar-refractivity contribution in [3.8, 4) is 10.6 Å². The van der Waals surface area contributed by atoms with Gasteiger partial charge >= 0.3 is 0 Å². The Hall–Kier alpha value is -1.20. The molecule has 98 valence electrons. The highest BCUT2D eigenvalue weighted by Gasteiger charge is 2.15. The van der Waals surface area contributed by atoms with Crippen LogP contribution in [0.3, 0.4) is 0 Å². The van der Waals surface area contributed by atoms with Gasteiger partial charge in [-0.25, -0.2) is 0 Å². The lowest BCUT2D eigenvalue weighted by Gasteiger charge is -2.08. The Labute approximate surface area is 111 Å². The minimum absolute atomic E-state index is 0.254. The number of hydrogen-bond acceptors (Lipinski definition) is 5. The van der Waals surface area contributed by atoms with Gasteiger partial charge in [0, 0.05) is 0 Å². The van der Waals surface area contributed by atoms with Gasteiger partial charge in [-0.15, -0.1) is 10.2 Å². The van der Waals surface area contributed by atoms with Gasteiger partial charge in [0.15, 0.2) is 5.01 Å². The van der Waals surface area contributed by atoms with Crippen molar-refractivity contribution in [3.63, 3.8) is 0 Å². The van der Waals surface area contributed by atoms with Gasteiger partial charge in [-0.2, -0.15) is 0 Å². The SMILES string of the molecule is CCCNC(C)c1nnc(-c2cc(C)oc2C)s1. The zero-order valence-corrected chi connectivity index (χ0v) is 12.1. The lowest BCUT2D eigenvalue weighted by molar-refractivity contribution is 0.505. The Balaban J connectivity index is 2.17. The van der Waals surface area contributed by atoms with Crippen molar-refractivity contribution >= 4 is 11.3 Å². The Bertz CT molecular complexity index is 518. The Morgan fingerprint density at radius 1 is 1.39 bits per heavy atom. The van der Waals surface area contributed by atoms with Crippen molar-refractivity contribution in [1.82, 2.24) is 15.5 Å². The maximum Gasteiger partial charge on any atom is 0.151 e. The zero-order valence-electron chi connectivity index (χ0n) is 11.3. The summed E-state index contributed by atoms with van der Waals surface area (Å²) in [6, 6.07) is 2.27. The number of hydrogen-bond donors (Lipinski definition) is 1. The summed E-state index contributed by atoms with van der Waals surface area (Å²) in [5.41, 5.74) is 1.05. The van der Waals surface area contributed by atoms with Crippen molar-refractivity contribution in [2.45, 2.75) is 40.2 Å². The number of aryl methyl sites for hydroxylation is 2. The molecule has 5 heteroatoms. The molecule has 0 spiro atoms. The molecule has 1 unspecified atom stereocenters. The molecule has 4 nitrogen and oxygen atoms in total. The average molecular weight is 265 g/mol. The van der Waals surface area contributed by atoms with E-state index in [0.717, 1.165) is 40.1 Å². The fraction of sp³-hybridized carbons (Fsp3) is 0.538. The Morgan fingerprint density at radius 3 is 2.78 bits per heavy atom. The molecule has 0 amide bonds. The number of nitrogens with one attached hydrogen (secondary N) is 1. The highest BCUT2D eigenvalue weighted by Crippen LogP contribution is 2.30. The van der Waals surface area contributed by atoms with Gasteiger partial charge in [-0.1, -0.05) is 18.3 Å². The van der Waals surface area contributed by atoms with Crippen LogP contribution < -0.4 is 5.32 Å². The minimum atomic E-state index is 0.254. The highest BCUT2D eigenvalue weighted by molar-refractivity contribution is 7.14. The third-order valence-corrected chi connectivity index (χ3v) is 3.92. The normalized spacial score (nSPS) is 12.9. The van der Waals surface area contributed by atoms with Gasteiger partial charge in [-0.3, -0.25) is 0 Å². The monoisotopic (exact) mass is 265 g/mol. The Morgan fingerprint density at radius 2 is 2.17 bits per heavy atom. The minimum Gasteiger partial charge on any atom is -0.466 e. The second-order valence-corrected chi connectivity index (χ2v) is 5.46. The molecule has 2 heterocycles. The number of aromatic nitrogens is 2. The summed E-state index contributed by atoms with van der Waals surface area (Å²) in [5, 5.41) is 13.9. The predicted molar refractivity (Wildman–Crippen MR) is 73.8 cm³/mol. The predicted octanol–water partition coefficient (Wildman–Crippen LogP) is 3.48. The summed E-state index contributed by atoms with van der Waals surface area (Å²) in [6.07, 6.45) is 1.12. The van der Waals surface area contributed by atoms with Crippen LogP contribution in [0.15, 0.2) is 10.5 Å². The zero-order chi connectivity index (χ0) is 13.1. The van der Waals surface area contributed by atoms with Crippen molar-refractivity contribution < 1.29 is 4.42 Å². The van der Waals surface area contributed by atoms with Gasteiger partial charge in [0.05, 0.1) is 11.6 Å². The first kappa shape index (κ1) is 13.2. The fourth-order valence-corrected chi connectivity index (χ4v) is 2.74. The van der Waals surface area contributed by atoms with Crippen LogP contribution in [0.2, 0.25) is 0 Å². The maximum atomic E-state index is 5.53. The van der Waals surface area contributed by atoms with Crippen LogP contribution in [0.4, 0.5) is 0 Å². The summed E-state index contributed by atoms with van der Waals surface area (Å²) >= 11 is 1.63. The van der Waals surface area contributed by atoms with Crippen molar-refractivity contribution in [3.05, 3.63) is 22.6 Å². The summed E-state index contributed by atoms with van der Waals surface area (Å²) < 4.78 is 5.53. The van der Waals surface area contributed by atoms with Gasteiger partial charge in [0.1, 0.15) is 16.5 Å². The van der Waals surface area contributed by atoms with Crippen LogP contribution in [0.5, 0.6) is 0 Å². The third-order valence-electron chi connectivity index (χ3n) is 2.78. The van der Waals surface area contributed by atoms with E-state index in [1.807, 2.05) is 19.9 Å². The molecule has 18 heavy (non-hydrogen) atoms. The molecule has 2 rings (SSSR count). The first-order valence-electron chi connectivity index (χ1n) is 6.26. The topological polar surface area (TPSA) is 51.0 Å². The van der Waals surface area contributed by atoms with E-state index in [4.69, 9.17) is 4.42 Å². The fourth-order valence-electron chi connectivity index (χ4n) is 1.81. The van der Waals surface area contributed by atoms with Crippen LogP contribution in [-0.2, 0) is 0 Å². The lowest BCUT2D eigenvalue weighted by atomic mass is 10.2. The van der Waals surface area contributed by atoms with E-state index in [2.05, 4.69) is 29.4 Å². The second kappa shape index (κ2) is 5.63. The molecule has 0 bridgehead atoms. The summed E-state index contributed by atoms with van der Waals surface area (Å²) in [5.74, 6) is 1.82. The molecule has 0 aliphatic heterocycles. The molecule has 0 aliphatic carbocycles. The van der Waals surface area contributed by atoms with Crippen molar-refractivity contribution in [2.75, 3.05) is 6.54 Å². The van der Waals surface area contributed by atoms with Gasteiger partial charge in [0.25, 0.3) is 0 Å². The van der Waals surface area contributed by atoms with Crippen LogP contribution in [-0.4, -0.2) is 16.7 Å². The van der Waals surface area contributed by atoms with Crippen molar-refractivity contribution in [2.24, 2.45) is 0 Å². The lowest BCUT2D eigenvalue weighted by Crippen LogP contribution is -2.18. The molecule has 0 saturated heterocycles. The molecule has 1 N–H and O–H groups in total. The highest BCUT2D eigenvalue weighted by atomic mass is 32.1. The molecule has 0 saturated carbocycles. The molecule has 0 radical (unpaired) electrons. The molecule has 0 fully saturated rings. The molecular weight excluding hydrogens is 246 g/mol. The molecule has 2 aromatic heterocycles. The number of rotatable bonds is 5. The standard InChI is InChI=1S/C13H19N3OS/c1-5-6-14-9(3)12-15-16-13(18-12)11-7-8(2)17-10(11)4/h7,9,14H,5-6H2,1-4H3. The summed E-state index contributed by atoms with van der Waals surface area (Å²) in [7, 11) is 0. The number of furan rings is 1. The molecule has 0 aromatic carbocycles. The first-order chi connectivity index (χ1) is 8.61. The third kappa shape index (κ3) is 2.79. The van der Waals surface area contributed by atoms with E-state index < -0.39 is 0 Å². The second-order valence-electron chi connectivity index (χ2n) is 4.45. The summed E-state index contributed by atoms with van der Waals surface area (Å²) in [6.45, 7) is 9.18. The van der Waals surface area contributed by atoms with Crippen LogP contribution in [0, 0.1) is 13.8 Å². The molecular formula is C13H19N3OS. The van der Waals surface area contributed by atoms with E-state index in [1.165, 1.54) is 0 Å². The number of nitrogens with zero attached hydrogens (tertiary/aromatic N) is 2. The summed E-state index contributed by atoms with van der Waals surface area (Å²) in [4.78, 5) is 0. The quantitative estimate of drug-likeness (QED) is 0.899. The van der Waals surface area contributed by atoms with Crippen molar-refractivity contribution in [1.29, 1.82) is 0 Å². The van der Waals surface area contributed by atoms with E-state index >= 15 is 0 Å². The van der Waals surface area contributed by atoms with Crippen LogP contribution >= 0.6 is 11.3 Å². The van der Waals surface area contributed by atoms with E-state index in [-0.39, 0.29) is 6.04 Å². The van der Waals surface area contributed by atoms with Crippen LogP contribution in [0.25, 0.3) is 10.6 Å². The van der Waals surface area contributed by atoms with E-state index in [9.17, 15) is 0 Å². The average Bonchev–Trinajstić information content (AvgIpc) is 2.92. The van der Waals surface area contributed by atoms with Gasteiger partial charge < -0.3 is 9.73 Å². The molecule has 2 aromatic rings. The van der Waals surface area contributed by atoms with E-state index in [1.54, 1.807) is 11.3 Å². The first-order valence-corrected chi connectivity index (χ1v) is 7.07. The largest absolute Gasteiger partial charge is 0.466 e. The molecule has 0 aliphatic rings. The molecule has 1 atom stereocenters.